The number of ether oxygens (including phenoxy) is 1. The van der Waals surface area contributed by atoms with Gasteiger partial charge in [-0.05, 0) is 60.9 Å². The summed E-state index contributed by atoms with van der Waals surface area (Å²) in [5, 5.41) is 25.1. The molecule has 3 aromatic rings. The monoisotopic (exact) mass is 539 g/mol. The summed E-state index contributed by atoms with van der Waals surface area (Å²) in [6.45, 7) is 1.03. The van der Waals surface area contributed by atoms with Crippen molar-refractivity contribution in [3.63, 3.8) is 0 Å². The molecular formula is C25H22ClN5O5S. The highest BCUT2D eigenvalue weighted by atomic mass is 35.5. The number of hydrogen-bond donors (Lipinski definition) is 1. The maximum Gasteiger partial charge on any atom is 0.295 e. The molecule has 1 N–H and O–H groups in total. The molecule has 1 heterocycles. The lowest BCUT2D eigenvalue weighted by Gasteiger charge is -2.15. The zero-order valence-corrected chi connectivity index (χ0v) is 21.1. The smallest absolute Gasteiger partial charge is 0.295 e. The number of hydrogen-bond acceptors (Lipinski definition) is 8. The number of benzene rings is 3. The zero-order chi connectivity index (χ0) is 26.4. The minimum Gasteiger partial charge on any atom is -0.488 e. The molecule has 0 unspecified atom stereocenters. The first-order chi connectivity index (χ1) is 17.8. The number of hydrazone groups is 1. The second-order valence-electron chi connectivity index (χ2n) is 8.20. The van der Waals surface area contributed by atoms with E-state index in [1.54, 1.807) is 42.5 Å². The van der Waals surface area contributed by atoms with E-state index in [9.17, 15) is 18.5 Å². The van der Waals surface area contributed by atoms with E-state index in [0.717, 1.165) is 24.5 Å². The van der Waals surface area contributed by atoms with Crippen LogP contribution in [-0.4, -0.2) is 37.0 Å². The predicted molar refractivity (Wildman–Crippen MR) is 139 cm³/mol. The lowest BCUT2D eigenvalue weighted by Crippen LogP contribution is -2.27. The second kappa shape index (κ2) is 11.4. The number of nitrogens with one attached hydrogen (secondary N) is 1. The Labute approximate surface area is 218 Å². The summed E-state index contributed by atoms with van der Waals surface area (Å²) >= 11 is 6.13. The molecule has 1 fully saturated rings. The molecular weight excluding hydrogens is 518 g/mol. The number of nitro benzene ring substituents is 1. The first kappa shape index (κ1) is 26.1. The zero-order valence-electron chi connectivity index (χ0n) is 19.5. The van der Waals surface area contributed by atoms with E-state index in [4.69, 9.17) is 21.6 Å². The topological polar surface area (TPSA) is 138 Å². The lowest BCUT2D eigenvalue weighted by molar-refractivity contribution is -0.384. The molecule has 37 heavy (non-hydrogen) atoms. The first-order valence-electron chi connectivity index (χ1n) is 11.3. The molecule has 3 aromatic carbocycles. The summed E-state index contributed by atoms with van der Waals surface area (Å²) < 4.78 is 32.8. The van der Waals surface area contributed by atoms with Gasteiger partial charge < -0.3 is 4.74 Å². The van der Waals surface area contributed by atoms with Crippen LogP contribution in [0, 0.1) is 21.4 Å². The highest BCUT2D eigenvalue weighted by molar-refractivity contribution is 7.89. The van der Waals surface area contributed by atoms with Crippen LogP contribution in [0.25, 0.3) is 0 Å². The molecule has 1 aliphatic rings. The third-order valence-electron chi connectivity index (χ3n) is 5.71. The van der Waals surface area contributed by atoms with Crippen LogP contribution in [-0.2, 0) is 16.6 Å². The number of sulfonamides is 1. The molecule has 0 atom stereocenters. The van der Waals surface area contributed by atoms with Crippen LogP contribution >= 0.6 is 11.6 Å². The highest BCUT2D eigenvalue weighted by Gasteiger charge is 2.29. The fourth-order valence-corrected chi connectivity index (χ4v) is 5.47. The van der Waals surface area contributed by atoms with Crippen molar-refractivity contribution in [1.82, 2.24) is 4.31 Å². The predicted octanol–water partition coefficient (Wildman–Crippen LogP) is 4.93. The molecule has 0 aliphatic carbocycles. The molecule has 190 valence electrons. The van der Waals surface area contributed by atoms with Gasteiger partial charge in [-0.3, -0.25) is 15.5 Å². The number of anilines is 1. The maximum atomic E-state index is 12.8. The van der Waals surface area contributed by atoms with E-state index < -0.39 is 20.6 Å². The SMILES string of the molecule is N#Cc1ccc(COc2ccc(Cl)cc2/C=N/Nc2ccc(S(=O)(=O)N3CCCC3)cc2[N+](=O)[O-])cc1. The molecule has 0 saturated carbocycles. The Kier molecular flexibility index (Phi) is 8.03. The quantitative estimate of drug-likeness (QED) is 0.231. The number of nitrogens with zero attached hydrogens (tertiary/aromatic N) is 4. The van der Waals surface area contributed by atoms with Gasteiger partial charge in [-0.1, -0.05) is 23.7 Å². The molecule has 12 heteroatoms. The summed E-state index contributed by atoms with van der Waals surface area (Å²) in [6, 6.07) is 17.7. The molecule has 0 amide bonds. The average Bonchev–Trinajstić information content (AvgIpc) is 3.45. The van der Waals surface area contributed by atoms with Gasteiger partial charge in [0.05, 0.1) is 27.7 Å². The van der Waals surface area contributed by atoms with Crippen LogP contribution in [0.2, 0.25) is 5.02 Å². The fourth-order valence-electron chi connectivity index (χ4n) is 3.75. The van der Waals surface area contributed by atoms with Gasteiger partial charge in [0.1, 0.15) is 18.0 Å². The van der Waals surface area contributed by atoms with E-state index in [-0.39, 0.29) is 17.2 Å². The summed E-state index contributed by atoms with van der Waals surface area (Å²) in [5.74, 6) is 0.473. The Bertz CT molecular complexity index is 1480. The molecule has 0 radical (unpaired) electrons. The van der Waals surface area contributed by atoms with Crippen molar-refractivity contribution in [3.05, 3.63) is 92.5 Å². The van der Waals surface area contributed by atoms with Gasteiger partial charge in [-0.15, -0.1) is 0 Å². The van der Waals surface area contributed by atoms with Crippen molar-refractivity contribution in [2.75, 3.05) is 18.5 Å². The van der Waals surface area contributed by atoms with Crippen LogP contribution in [0.15, 0.2) is 70.7 Å². The summed E-state index contributed by atoms with van der Waals surface area (Å²) in [7, 11) is -3.80. The number of rotatable bonds is 9. The van der Waals surface area contributed by atoms with E-state index in [1.807, 2.05) is 0 Å². The summed E-state index contributed by atoms with van der Waals surface area (Å²) in [6.07, 6.45) is 2.93. The molecule has 0 bridgehead atoms. The molecule has 4 rings (SSSR count). The second-order valence-corrected chi connectivity index (χ2v) is 10.6. The third kappa shape index (κ3) is 6.24. The van der Waals surface area contributed by atoms with Crippen molar-refractivity contribution in [2.24, 2.45) is 5.10 Å². The van der Waals surface area contributed by atoms with Gasteiger partial charge in [-0.25, -0.2) is 8.42 Å². The Morgan fingerprint density at radius 2 is 1.86 bits per heavy atom. The molecule has 0 spiro atoms. The van der Waals surface area contributed by atoms with E-state index in [1.165, 1.54) is 22.7 Å². The highest BCUT2D eigenvalue weighted by Crippen LogP contribution is 2.30. The van der Waals surface area contributed by atoms with Crippen molar-refractivity contribution >= 4 is 39.2 Å². The molecule has 10 nitrogen and oxygen atoms in total. The van der Waals surface area contributed by atoms with Gasteiger partial charge in [0.25, 0.3) is 5.69 Å². The lowest BCUT2D eigenvalue weighted by atomic mass is 10.1. The van der Waals surface area contributed by atoms with Crippen LogP contribution < -0.4 is 10.2 Å². The minimum atomic E-state index is -3.80. The Morgan fingerprint density at radius 3 is 2.54 bits per heavy atom. The minimum absolute atomic E-state index is 0.0312. The van der Waals surface area contributed by atoms with Crippen LogP contribution in [0.5, 0.6) is 5.75 Å². The Hall–Kier alpha value is -3.98. The average molecular weight is 540 g/mol. The van der Waals surface area contributed by atoms with Gasteiger partial charge in [0.2, 0.25) is 10.0 Å². The Morgan fingerprint density at radius 1 is 1.14 bits per heavy atom. The van der Waals surface area contributed by atoms with Gasteiger partial charge in [-0.2, -0.15) is 14.7 Å². The maximum absolute atomic E-state index is 12.8. The van der Waals surface area contributed by atoms with E-state index >= 15 is 0 Å². The van der Waals surface area contributed by atoms with Crippen LogP contribution in [0.3, 0.4) is 0 Å². The fraction of sp³-hybridized carbons (Fsp3) is 0.200. The number of halogens is 1. The number of nitriles is 1. The van der Waals surface area contributed by atoms with Crippen molar-refractivity contribution < 1.29 is 18.1 Å². The largest absolute Gasteiger partial charge is 0.488 e. The van der Waals surface area contributed by atoms with Gasteiger partial charge >= 0.3 is 0 Å². The molecule has 0 aromatic heterocycles. The van der Waals surface area contributed by atoms with Crippen LogP contribution in [0.1, 0.15) is 29.5 Å². The normalized spacial score (nSPS) is 13.9. The van der Waals surface area contributed by atoms with E-state index in [0.29, 0.717) is 35.0 Å². The van der Waals surface area contributed by atoms with Crippen molar-refractivity contribution in [1.29, 1.82) is 5.26 Å². The third-order valence-corrected chi connectivity index (χ3v) is 7.84. The van der Waals surface area contributed by atoms with Gasteiger partial charge in [0.15, 0.2) is 0 Å². The number of nitro groups is 1. The van der Waals surface area contributed by atoms with Crippen molar-refractivity contribution in [3.8, 4) is 11.8 Å². The molecule has 1 saturated heterocycles. The van der Waals surface area contributed by atoms with Crippen molar-refractivity contribution in [2.45, 2.75) is 24.3 Å². The van der Waals surface area contributed by atoms with Gasteiger partial charge in [0, 0.05) is 29.7 Å². The van der Waals surface area contributed by atoms with E-state index in [2.05, 4.69) is 16.6 Å². The summed E-state index contributed by atoms with van der Waals surface area (Å²) in [5.41, 5.74) is 4.15. The first-order valence-corrected chi connectivity index (χ1v) is 13.1. The standard InChI is InChI=1S/C25H22ClN5O5S/c26-21-7-10-25(36-17-19-5-3-18(15-27)4-6-19)20(13-21)16-28-29-23-9-8-22(14-24(23)31(32)33)37(34,35)30-11-1-2-12-30/h3-10,13-14,16,29H,1-2,11-12,17H2/b28-16+. The summed E-state index contributed by atoms with van der Waals surface area (Å²) in [4.78, 5) is 10.9. The molecule has 1 aliphatic heterocycles. The van der Waals surface area contributed by atoms with Crippen LogP contribution in [0.4, 0.5) is 11.4 Å². The Balaban J connectivity index is 1.51.